The van der Waals surface area contributed by atoms with Crippen LogP contribution < -0.4 is 10.6 Å². The van der Waals surface area contributed by atoms with E-state index in [4.69, 9.17) is 0 Å². The number of likely N-dealkylation sites (N-methyl/N-ethyl adjacent to an activating group) is 1. The molecule has 1 unspecified atom stereocenters. The molecule has 7 rings (SSSR count). The van der Waals surface area contributed by atoms with Crippen LogP contribution in [0.5, 0.6) is 0 Å². The predicted molar refractivity (Wildman–Crippen MR) is 142 cm³/mol. The van der Waals surface area contributed by atoms with E-state index in [1.165, 1.54) is 6.07 Å². The lowest BCUT2D eigenvalue weighted by atomic mass is 9.95. The highest BCUT2D eigenvalue weighted by atomic mass is 19.1. The van der Waals surface area contributed by atoms with Crippen LogP contribution in [0.3, 0.4) is 0 Å². The van der Waals surface area contributed by atoms with Gasteiger partial charge in [0.05, 0.1) is 17.5 Å². The van der Waals surface area contributed by atoms with Gasteiger partial charge in [-0.25, -0.2) is 9.37 Å². The normalized spacial score (nSPS) is 19.6. The second kappa shape index (κ2) is 8.22. The van der Waals surface area contributed by atoms with Crippen molar-refractivity contribution in [2.75, 3.05) is 30.8 Å². The Bertz CT molecular complexity index is 1630. The minimum Gasteiger partial charge on any atom is -0.387 e. The first kappa shape index (κ1) is 23.1. The smallest absolute Gasteiger partial charge is 0.244 e. The molecule has 1 atom stereocenters. The second-order valence-electron chi connectivity index (χ2n) is 10.8. The number of benzene rings is 1. The van der Waals surface area contributed by atoms with Gasteiger partial charge in [0.2, 0.25) is 5.91 Å². The molecule has 0 bridgehead atoms. The molecular formula is C28H28FN7O2. The first-order valence-electron chi connectivity index (χ1n) is 12.9. The van der Waals surface area contributed by atoms with Crippen molar-refractivity contribution < 1.29 is 14.3 Å². The van der Waals surface area contributed by atoms with Crippen molar-refractivity contribution in [1.29, 1.82) is 0 Å². The number of nitrogens with one attached hydrogen (secondary N) is 2. The molecule has 1 spiro atoms. The number of anilines is 3. The number of carbonyl (C=O) groups is 1. The van der Waals surface area contributed by atoms with Gasteiger partial charge in [0, 0.05) is 66.2 Å². The number of pyridine rings is 2. The Morgan fingerprint density at radius 3 is 2.76 bits per heavy atom. The van der Waals surface area contributed by atoms with Crippen LogP contribution in [0, 0.1) is 12.7 Å². The van der Waals surface area contributed by atoms with Gasteiger partial charge in [-0.2, -0.15) is 5.10 Å². The van der Waals surface area contributed by atoms with E-state index >= 15 is 4.39 Å². The van der Waals surface area contributed by atoms with Crippen LogP contribution in [0.1, 0.15) is 42.3 Å². The average molecular weight is 514 g/mol. The van der Waals surface area contributed by atoms with E-state index in [0.717, 1.165) is 35.2 Å². The Morgan fingerprint density at radius 1 is 1.11 bits per heavy atom. The summed E-state index contributed by atoms with van der Waals surface area (Å²) in [4.78, 5) is 23.2. The monoisotopic (exact) mass is 513 g/mol. The first-order valence-corrected chi connectivity index (χ1v) is 12.9. The van der Waals surface area contributed by atoms with Gasteiger partial charge in [-0.15, -0.1) is 0 Å². The molecule has 5 heterocycles. The molecule has 3 aliphatic rings. The van der Waals surface area contributed by atoms with E-state index in [-0.39, 0.29) is 23.7 Å². The summed E-state index contributed by atoms with van der Waals surface area (Å²) in [5, 5.41) is 23.1. The van der Waals surface area contributed by atoms with Crippen molar-refractivity contribution in [3.63, 3.8) is 0 Å². The van der Waals surface area contributed by atoms with Crippen molar-refractivity contribution in [2.24, 2.45) is 0 Å². The fraction of sp³-hybridized carbons (Fsp3) is 0.357. The van der Waals surface area contributed by atoms with Gasteiger partial charge in [-0.05, 0) is 55.3 Å². The number of aliphatic hydroxyl groups is 1. The zero-order chi connectivity index (χ0) is 26.2. The Kier molecular flexibility index (Phi) is 5.00. The zero-order valence-corrected chi connectivity index (χ0v) is 21.3. The highest BCUT2D eigenvalue weighted by molar-refractivity contribution is 5.90. The lowest BCUT2D eigenvalue weighted by Gasteiger charge is -2.25. The number of fused-ring (bicyclic) bond motifs is 4. The third-order valence-electron chi connectivity index (χ3n) is 8.18. The van der Waals surface area contributed by atoms with Gasteiger partial charge in [0.1, 0.15) is 18.2 Å². The van der Waals surface area contributed by atoms with E-state index in [1.54, 1.807) is 17.3 Å². The van der Waals surface area contributed by atoms with Gasteiger partial charge in [0.15, 0.2) is 5.82 Å². The van der Waals surface area contributed by atoms with Gasteiger partial charge in [-0.1, -0.05) is 0 Å². The first-order chi connectivity index (χ1) is 18.3. The number of nitrogens with zero attached hydrogens (tertiary/aromatic N) is 5. The Balaban J connectivity index is 1.23. The molecule has 9 nitrogen and oxygen atoms in total. The minimum absolute atomic E-state index is 0.0112. The summed E-state index contributed by atoms with van der Waals surface area (Å²) in [6, 6.07) is 7.19. The summed E-state index contributed by atoms with van der Waals surface area (Å²) < 4.78 is 17.1. The maximum atomic E-state index is 15.3. The topological polar surface area (TPSA) is 108 Å². The van der Waals surface area contributed by atoms with E-state index in [2.05, 4.69) is 25.7 Å². The van der Waals surface area contributed by atoms with Gasteiger partial charge < -0.3 is 20.6 Å². The summed E-state index contributed by atoms with van der Waals surface area (Å²) in [6.07, 6.45) is 5.35. The second-order valence-corrected chi connectivity index (χ2v) is 10.8. The molecular weight excluding hydrogens is 485 g/mol. The van der Waals surface area contributed by atoms with E-state index in [0.29, 0.717) is 53.4 Å². The van der Waals surface area contributed by atoms with Gasteiger partial charge in [-0.3, -0.25) is 14.5 Å². The molecule has 0 saturated heterocycles. The fourth-order valence-electron chi connectivity index (χ4n) is 5.87. The van der Waals surface area contributed by atoms with Gasteiger partial charge in [0.25, 0.3) is 0 Å². The van der Waals surface area contributed by atoms with Crippen molar-refractivity contribution >= 4 is 34.0 Å². The summed E-state index contributed by atoms with van der Waals surface area (Å²) in [5.74, 6) is 0.919. The van der Waals surface area contributed by atoms with Crippen molar-refractivity contribution in [2.45, 2.75) is 44.2 Å². The van der Waals surface area contributed by atoms with Crippen LogP contribution >= 0.6 is 0 Å². The van der Waals surface area contributed by atoms with Crippen molar-refractivity contribution in [3.05, 3.63) is 59.4 Å². The number of hydrogen-bond acceptors (Lipinski definition) is 7. The predicted octanol–water partition coefficient (Wildman–Crippen LogP) is 4.04. The molecule has 1 aliphatic carbocycles. The molecule has 1 aromatic carbocycles. The molecule has 3 aromatic heterocycles. The molecule has 1 amide bonds. The molecule has 0 radical (unpaired) electrons. The lowest BCUT2D eigenvalue weighted by molar-refractivity contribution is -0.130. The lowest BCUT2D eigenvalue weighted by Crippen LogP contribution is -2.32. The van der Waals surface area contributed by atoms with Crippen molar-refractivity contribution in [1.82, 2.24) is 24.6 Å². The number of aromatic nitrogens is 4. The minimum atomic E-state index is -0.619. The molecule has 2 aliphatic heterocycles. The molecule has 194 valence electrons. The molecule has 1 fully saturated rings. The fourth-order valence-corrected chi connectivity index (χ4v) is 5.87. The van der Waals surface area contributed by atoms with Gasteiger partial charge >= 0.3 is 0 Å². The summed E-state index contributed by atoms with van der Waals surface area (Å²) >= 11 is 0. The number of carbonyl (C=O) groups excluding carboxylic acids is 1. The number of halogens is 1. The number of aliphatic hydroxyl groups excluding tert-OH is 1. The third-order valence-corrected chi connectivity index (χ3v) is 8.18. The van der Waals surface area contributed by atoms with Crippen LogP contribution in [-0.2, 0) is 16.8 Å². The Hall–Kier alpha value is -4.05. The molecule has 1 saturated carbocycles. The standard InChI is InChI=1S/C28H28FN7O2/c1-15-19(12-32-27-21(37)3-6-30-26(15)27)18-7-16-9-23(31-11-17(16)8-20(18)29)33-24-10-22-28(4-5-28)14-35(2)25(38)13-36(22)34-24/h7-12,21,30,37H,3-6,13-14H2,1-2H3,(H,31,33,34). The van der Waals surface area contributed by atoms with Crippen LogP contribution in [0.2, 0.25) is 0 Å². The molecule has 3 N–H and O–H groups in total. The molecule has 38 heavy (non-hydrogen) atoms. The van der Waals surface area contributed by atoms with Crippen molar-refractivity contribution in [3.8, 4) is 11.1 Å². The summed E-state index contributed by atoms with van der Waals surface area (Å²) in [6.45, 7) is 3.50. The van der Waals surface area contributed by atoms with Crippen LogP contribution in [-0.4, -0.2) is 55.8 Å². The maximum Gasteiger partial charge on any atom is 0.244 e. The van der Waals surface area contributed by atoms with E-state index in [9.17, 15) is 9.90 Å². The zero-order valence-electron chi connectivity index (χ0n) is 21.3. The third kappa shape index (κ3) is 3.62. The summed E-state index contributed by atoms with van der Waals surface area (Å²) in [7, 11) is 1.85. The van der Waals surface area contributed by atoms with E-state index in [1.807, 2.05) is 36.9 Å². The average Bonchev–Trinajstić information content (AvgIpc) is 3.57. The number of hydrogen-bond donors (Lipinski definition) is 3. The SMILES string of the molecule is Cc1c(-c2cc3cc(Nc4cc5n(n4)CC(=O)N(C)CC54CC4)ncc3cc2F)cnc2c1NCCC2O. The van der Waals surface area contributed by atoms with E-state index < -0.39 is 6.10 Å². The quantitative estimate of drug-likeness (QED) is 0.380. The largest absolute Gasteiger partial charge is 0.387 e. The number of amides is 1. The maximum absolute atomic E-state index is 15.3. The Labute approximate surface area is 218 Å². The number of rotatable bonds is 3. The summed E-state index contributed by atoms with van der Waals surface area (Å²) in [5.41, 5.74) is 4.42. The molecule has 10 heteroatoms. The highest BCUT2D eigenvalue weighted by Gasteiger charge is 2.50. The highest BCUT2D eigenvalue weighted by Crippen LogP contribution is 2.50. The van der Waals surface area contributed by atoms with Crippen LogP contribution in [0.15, 0.2) is 36.7 Å². The molecule has 4 aromatic rings. The van der Waals surface area contributed by atoms with Crippen LogP contribution in [0.25, 0.3) is 21.9 Å². The Morgan fingerprint density at radius 2 is 1.95 bits per heavy atom. The van der Waals surface area contributed by atoms with Crippen LogP contribution in [0.4, 0.5) is 21.7 Å².